The number of nitrogens with one attached hydrogen (secondary N) is 1. The van der Waals surface area contributed by atoms with Gasteiger partial charge in [-0.1, -0.05) is 12.1 Å². The van der Waals surface area contributed by atoms with Gasteiger partial charge in [0.2, 0.25) is 0 Å². The van der Waals surface area contributed by atoms with E-state index in [-0.39, 0.29) is 10.9 Å². The van der Waals surface area contributed by atoms with Gasteiger partial charge in [0, 0.05) is 12.7 Å². The zero-order valence-corrected chi connectivity index (χ0v) is 11.1. The Hall–Kier alpha value is -1.61. The predicted octanol–water partition coefficient (Wildman–Crippen LogP) is -0.294. The van der Waals surface area contributed by atoms with Crippen molar-refractivity contribution in [3.05, 3.63) is 12.5 Å². The fraction of sp³-hybridized carbons (Fsp3) is 0.556. The van der Waals surface area contributed by atoms with Gasteiger partial charge in [0.05, 0.1) is 12.4 Å². The molecule has 0 radical (unpaired) electrons. The van der Waals surface area contributed by atoms with Crippen LogP contribution in [0.5, 0.6) is 0 Å². The fourth-order valence-corrected chi connectivity index (χ4v) is 2.56. The van der Waals surface area contributed by atoms with Gasteiger partial charge in [0.25, 0.3) is 10.0 Å². The Labute approximate surface area is 106 Å². The highest BCUT2D eigenvalue weighted by atomic mass is 32.2. The number of rotatable bonds is 6. The number of nitrogens with zero attached hydrogens (tertiary/aromatic N) is 3. The molecule has 4 N–H and O–H groups in total. The maximum absolute atomic E-state index is 12.0. The van der Waals surface area contributed by atoms with Crippen molar-refractivity contribution in [2.75, 3.05) is 0 Å². The van der Waals surface area contributed by atoms with Gasteiger partial charge < -0.3 is 15.5 Å². The second-order valence-electron chi connectivity index (χ2n) is 3.65. The van der Waals surface area contributed by atoms with Crippen LogP contribution in [0.25, 0.3) is 0 Å². The molecule has 0 aliphatic carbocycles. The first-order chi connectivity index (χ1) is 8.44. The van der Waals surface area contributed by atoms with Crippen LogP contribution in [0.2, 0.25) is 0 Å². The molecule has 0 amide bonds. The summed E-state index contributed by atoms with van der Waals surface area (Å²) in [5, 5.41) is 11.3. The number of oxime groups is 1. The summed E-state index contributed by atoms with van der Waals surface area (Å²) >= 11 is 0. The lowest BCUT2D eigenvalue weighted by atomic mass is 10.2. The molecule has 9 heteroatoms. The summed E-state index contributed by atoms with van der Waals surface area (Å²) in [6.07, 6.45) is 3.21. The number of amidine groups is 1. The Balaban J connectivity index is 2.93. The Morgan fingerprint density at radius 2 is 2.33 bits per heavy atom. The predicted molar refractivity (Wildman–Crippen MR) is 65.7 cm³/mol. The molecule has 0 aliphatic heterocycles. The Bertz CT molecular complexity index is 522. The molecule has 1 aromatic heterocycles. The number of aromatic nitrogens is 2. The van der Waals surface area contributed by atoms with Crippen molar-refractivity contribution in [3.8, 4) is 0 Å². The summed E-state index contributed by atoms with van der Waals surface area (Å²) in [6.45, 7) is 4.21. The van der Waals surface area contributed by atoms with Gasteiger partial charge in [-0.15, -0.1) is 0 Å². The number of hydrogen-bond acceptors (Lipinski definition) is 5. The van der Waals surface area contributed by atoms with Crippen LogP contribution < -0.4 is 10.5 Å². The van der Waals surface area contributed by atoms with Gasteiger partial charge in [-0.3, -0.25) is 0 Å². The molecule has 0 fully saturated rings. The van der Waals surface area contributed by atoms with Crippen molar-refractivity contribution in [2.45, 2.75) is 37.9 Å². The number of imidazole rings is 1. The molecule has 1 rings (SSSR count). The third kappa shape index (κ3) is 3.20. The van der Waals surface area contributed by atoms with Gasteiger partial charge in [-0.25, -0.2) is 13.4 Å². The van der Waals surface area contributed by atoms with Crippen LogP contribution in [0.1, 0.15) is 20.3 Å². The van der Waals surface area contributed by atoms with Crippen LogP contribution in [-0.4, -0.2) is 35.1 Å². The fourth-order valence-electron chi connectivity index (χ4n) is 1.32. The first-order valence-electron chi connectivity index (χ1n) is 5.46. The molecule has 0 spiro atoms. The van der Waals surface area contributed by atoms with Crippen LogP contribution in [0.3, 0.4) is 0 Å². The highest BCUT2D eigenvalue weighted by Gasteiger charge is 2.23. The topological polar surface area (TPSA) is 123 Å². The molecule has 0 saturated heterocycles. The van der Waals surface area contributed by atoms with Crippen molar-refractivity contribution >= 4 is 15.9 Å². The summed E-state index contributed by atoms with van der Waals surface area (Å²) in [6, 6.07) is -0.758. The minimum absolute atomic E-state index is 0.0893. The largest absolute Gasteiger partial charge is 0.409 e. The Morgan fingerprint density at radius 1 is 1.67 bits per heavy atom. The molecule has 1 atom stereocenters. The van der Waals surface area contributed by atoms with Crippen LogP contribution in [-0.2, 0) is 16.6 Å². The van der Waals surface area contributed by atoms with E-state index in [9.17, 15) is 8.42 Å². The number of nitrogens with two attached hydrogens (primary N) is 1. The van der Waals surface area contributed by atoms with E-state index in [2.05, 4.69) is 14.9 Å². The molecule has 18 heavy (non-hydrogen) atoms. The zero-order valence-electron chi connectivity index (χ0n) is 10.2. The minimum atomic E-state index is -3.77. The van der Waals surface area contributed by atoms with E-state index >= 15 is 0 Å². The SMILES string of the molecule is CCC(NS(=O)(=O)c1cn(CC)cn1)C(N)=NO. The molecule has 102 valence electrons. The van der Waals surface area contributed by atoms with E-state index in [4.69, 9.17) is 10.9 Å². The van der Waals surface area contributed by atoms with E-state index < -0.39 is 16.1 Å². The van der Waals surface area contributed by atoms with Gasteiger partial charge in [0.15, 0.2) is 10.9 Å². The quantitative estimate of drug-likeness (QED) is 0.285. The van der Waals surface area contributed by atoms with E-state index in [1.54, 1.807) is 11.5 Å². The average Bonchev–Trinajstić information content (AvgIpc) is 2.84. The summed E-state index contributed by atoms with van der Waals surface area (Å²) in [5.74, 6) is -0.184. The van der Waals surface area contributed by atoms with E-state index in [0.29, 0.717) is 13.0 Å². The maximum atomic E-state index is 12.0. The summed E-state index contributed by atoms with van der Waals surface area (Å²) in [5.41, 5.74) is 5.39. The standard InChI is InChI=1S/C9H17N5O3S/c1-3-7(9(10)12-15)13-18(16,17)8-5-14(4-2)6-11-8/h5-7,13,15H,3-4H2,1-2H3,(H2,10,12). The van der Waals surface area contributed by atoms with Gasteiger partial charge >= 0.3 is 0 Å². The normalized spacial score (nSPS) is 14.7. The average molecular weight is 275 g/mol. The third-order valence-electron chi connectivity index (χ3n) is 2.43. The van der Waals surface area contributed by atoms with E-state index in [1.807, 2.05) is 6.92 Å². The Morgan fingerprint density at radius 3 is 2.78 bits per heavy atom. The molecular formula is C9H17N5O3S. The van der Waals surface area contributed by atoms with Crippen molar-refractivity contribution in [1.29, 1.82) is 0 Å². The van der Waals surface area contributed by atoms with Gasteiger partial charge in [0.1, 0.15) is 0 Å². The second kappa shape index (κ2) is 5.83. The number of aryl methyl sites for hydroxylation is 1. The van der Waals surface area contributed by atoms with Crippen molar-refractivity contribution in [2.24, 2.45) is 10.9 Å². The highest BCUT2D eigenvalue weighted by molar-refractivity contribution is 7.89. The molecular weight excluding hydrogens is 258 g/mol. The smallest absolute Gasteiger partial charge is 0.260 e. The zero-order chi connectivity index (χ0) is 13.8. The molecule has 1 heterocycles. The van der Waals surface area contributed by atoms with Crippen molar-refractivity contribution < 1.29 is 13.6 Å². The van der Waals surface area contributed by atoms with Crippen LogP contribution in [0.15, 0.2) is 22.7 Å². The third-order valence-corrected chi connectivity index (χ3v) is 3.78. The number of hydrogen-bond donors (Lipinski definition) is 3. The summed E-state index contributed by atoms with van der Waals surface area (Å²) < 4.78 is 27.9. The monoisotopic (exact) mass is 275 g/mol. The summed E-state index contributed by atoms with van der Waals surface area (Å²) in [4.78, 5) is 3.80. The first-order valence-corrected chi connectivity index (χ1v) is 6.94. The lowest BCUT2D eigenvalue weighted by molar-refractivity contribution is 0.315. The van der Waals surface area contributed by atoms with Crippen LogP contribution >= 0.6 is 0 Å². The molecule has 0 saturated carbocycles. The number of sulfonamides is 1. The second-order valence-corrected chi connectivity index (χ2v) is 5.31. The molecule has 0 aliphatic rings. The van der Waals surface area contributed by atoms with E-state index in [1.165, 1.54) is 12.5 Å². The molecule has 8 nitrogen and oxygen atoms in total. The maximum Gasteiger partial charge on any atom is 0.260 e. The molecule has 1 aromatic rings. The molecule has 0 aromatic carbocycles. The summed E-state index contributed by atoms with van der Waals surface area (Å²) in [7, 11) is -3.77. The lowest BCUT2D eigenvalue weighted by Crippen LogP contribution is -2.44. The molecule has 0 bridgehead atoms. The van der Waals surface area contributed by atoms with Gasteiger partial charge in [-0.05, 0) is 13.3 Å². The van der Waals surface area contributed by atoms with Crippen molar-refractivity contribution in [3.63, 3.8) is 0 Å². The van der Waals surface area contributed by atoms with E-state index in [0.717, 1.165) is 0 Å². The molecule has 1 unspecified atom stereocenters. The first kappa shape index (κ1) is 14.5. The lowest BCUT2D eigenvalue weighted by Gasteiger charge is -2.14. The van der Waals surface area contributed by atoms with Crippen LogP contribution in [0.4, 0.5) is 0 Å². The minimum Gasteiger partial charge on any atom is -0.409 e. The van der Waals surface area contributed by atoms with Gasteiger partial charge in [-0.2, -0.15) is 4.72 Å². The Kier molecular flexibility index (Phi) is 4.68. The van der Waals surface area contributed by atoms with Crippen molar-refractivity contribution in [1.82, 2.24) is 14.3 Å². The highest BCUT2D eigenvalue weighted by Crippen LogP contribution is 2.07. The van der Waals surface area contributed by atoms with Crippen LogP contribution in [0, 0.1) is 0 Å².